The fourth-order valence-electron chi connectivity index (χ4n) is 2.49. The number of para-hydroxylation sites is 2. The highest BCUT2D eigenvalue weighted by atomic mass is 16.2. The molecule has 0 saturated heterocycles. The van der Waals surface area contributed by atoms with Crippen molar-refractivity contribution < 1.29 is 9.59 Å². The molecule has 0 unspecified atom stereocenters. The maximum Gasteiger partial charge on any atom is 0.272 e. The summed E-state index contributed by atoms with van der Waals surface area (Å²) in [5.74, 6) is -0.954. The quantitative estimate of drug-likeness (QED) is 0.685. The number of carbonyl (C=O) groups excluding carboxylic acids is 2. The van der Waals surface area contributed by atoms with Gasteiger partial charge in [0.25, 0.3) is 5.91 Å². The highest BCUT2D eigenvalue weighted by Crippen LogP contribution is 2.22. The Morgan fingerprint density at radius 1 is 1.21 bits per heavy atom. The molecule has 1 aromatic carbocycles. The Morgan fingerprint density at radius 2 is 1.96 bits per heavy atom. The summed E-state index contributed by atoms with van der Waals surface area (Å²) in [6.07, 6.45) is 1.41. The average molecular weight is 323 g/mol. The maximum absolute atomic E-state index is 12.4. The van der Waals surface area contributed by atoms with Gasteiger partial charge >= 0.3 is 0 Å². The Labute approximate surface area is 138 Å². The number of primary amides is 1. The topological polar surface area (TPSA) is 106 Å². The summed E-state index contributed by atoms with van der Waals surface area (Å²) in [6, 6.07) is 10.8. The zero-order chi connectivity index (χ0) is 17.3. The van der Waals surface area contributed by atoms with Gasteiger partial charge in [0.15, 0.2) is 0 Å². The number of H-pyrrole nitrogens is 1. The molecule has 0 aliphatic heterocycles. The van der Waals surface area contributed by atoms with E-state index in [1.54, 1.807) is 10.7 Å². The first-order valence-electron chi connectivity index (χ1n) is 7.38. The van der Waals surface area contributed by atoms with Crippen LogP contribution in [0.2, 0.25) is 0 Å². The molecule has 2 heterocycles. The van der Waals surface area contributed by atoms with Gasteiger partial charge in [-0.15, -0.1) is 0 Å². The van der Waals surface area contributed by atoms with Crippen LogP contribution in [0.15, 0.2) is 42.6 Å². The normalized spacial score (nSPS) is 10.6. The summed E-state index contributed by atoms with van der Waals surface area (Å²) in [5.41, 5.74) is 8.94. The zero-order valence-electron chi connectivity index (χ0n) is 13.3. The lowest BCUT2D eigenvalue weighted by Crippen LogP contribution is -2.15. The lowest BCUT2D eigenvalue weighted by molar-refractivity contribution is 0.0999. The van der Waals surface area contributed by atoms with E-state index in [9.17, 15) is 9.59 Å². The monoisotopic (exact) mass is 323 g/mol. The molecule has 7 heteroatoms. The van der Waals surface area contributed by atoms with E-state index in [1.807, 2.05) is 38.1 Å². The van der Waals surface area contributed by atoms with Crippen LogP contribution in [0.5, 0.6) is 0 Å². The van der Waals surface area contributed by atoms with Gasteiger partial charge in [-0.25, -0.2) is 4.68 Å². The number of aromatic amines is 1. The summed E-state index contributed by atoms with van der Waals surface area (Å²) < 4.78 is 1.77. The van der Waals surface area contributed by atoms with Gasteiger partial charge in [0.2, 0.25) is 5.91 Å². The Balaban J connectivity index is 1.91. The molecule has 0 atom stereocenters. The van der Waals surface area contributed by atoms with Crippen LogP contribution in [0.25, 0.3) is 5.69 Å². The van der Waals surface area contributed by atoms with Crippen LogP contribution >= 0.6 is 0 Å². The van der Waals surface area contributed by atoms with E-state index < -0.39 is 5.91 Å². The number of hydrogen-bond donors (Lipinski definition) is 3. The number of aromatic nitrogens is 3. The maximum atomic E-state index is 12.4. The van der Waals surface area contributed by atoms with E-state index >= 15 is 0 Å². The van der Waals surface area contributed by atoms with Crippen LogP contribution < -0.4 is 11.1 Å². The van der Waals surface area contributed by atoms with Gasteiger partial charge < -0.3 is 16.0 Å². The Bertz CT molecular complexity index is 923. The molecule has 4 N–H and O–H groups in total. The van der Waals surface area contributed by atoms with Crippen molar-refractivity contribution in [1.29, 1.82) is 0 Å². The number of nitrogens with zero attached hydrogens (tertiary/aromatic N) is 2. The predicted octanol–water partition coefficient (Wildman–Crippen LogP) is 2.17. The minimum absolute atomic E-state index is 0.256. The largest absolute Gasteiger partial charge is 0.366 e. The lowest BCUT2D eigenvalue weighted by atomic mass is 10.2. The second-order valence-electron chi connectivity index (χ2n) is 5.48. The smallest absolute Gasteiger partial charge is 0.272 e. The van der Waals surface area contributed by atoms with Gasteiger partial charge in [0.05, 0.1) is 22.6 Å². The lowest BCUT2D eigenvalue weighted by Gasteiger charge is -2.12. The number of anilines is 1. The number of amides is 2. The fraction of sp³-hybridized carbons (Fsp3) is 0.118. The van der Waals surface area contributed by atoms with Crippen LogP contribution in [0.4, 0.5) is 5.69 Å². The van der Waals surface area contributed by atoms with Crippen molar-refractivity contribution in [3.63, 3.8) is 0 Å². The SMILES string of the molecule is Cc1cc(C)n(-c2ccccc2NC(=O)c2cc(C(N)=O)c[nH]2)n1. The molecule has 0 bridgehead atoms. The number of nitrogens with one attached hydrogen (secondary N) is 2. The summed E-state index contributed by atoms with van der Waals surface area (Å²) in [4.78, 5) is 26.3. The summed E-state index contributed by atoms with van der Waals surface area (Å²) >= 11 is 0. The standard InChI is InChI=1S/C17H17N5O2/c1-10-7-11(2)22(21-10)15-6-4-3-5-13(15)20-17(24)14-8-12(9-19-14)16(18)23/h3-9,19H,1-2H3,(H2,18,23)(H,20,24). The van der Waals surface area contributed by atoms with E-state index in [-0.39, 0.29) is 17.2 Å². The van der Waals surface area contributed by atoms with Crippen molar-refractivity contribution in [3.05, 3.63) is 65.2 Å². The van der Waals surface area contributed by atoms with E-state index in [1.165, 1.54) is 12.3 Å². The Morgan fingerprint density at radius 3 is 2.58 bits per heavy atom. The van der Waals surface area contributed by atoms with Crippen molar-refractivity contribution in [1.82, 2.24) is 14.8 Å². The molecular weight excluding hydrogens is 306 g/mol. The molecular formula is C17H17N5O2. The molecule has 2 aromatic heterocycles. The van der Waals surface area contributed by atoms with Crippen LogP contribution in [0.1, 0.15) is 32.2 Å². The number of benzene rings is 1. The van der Waals surface area contributed by atoms with E-state index in [0.717, 1.165) is 17.1 Å². The first-order chi connectivity index (χ1) is 11.5. The van der Waals surface area contributed by atoms with Crippen LogP contribution in [-0.4, -0.2) is 26.6 Å². The third kappa shape index (κ3) is 2.91. The molecule has 0 aliphatic carbocycles. The minimum Gasteiger partial charge on any atom is -0.366 e. The second kappa shape index (κ2) is 6.04. The van der Waals surface area contributed by atoms with Crippen LogP contribution in [-0.2, 0) is 0 Å². The first-order valence-corrected chi connectivity index (χ1v) is 7.38. The zero-order valence-corrected chi connectivity index (χ0v) is 13.3. The molecule has 0 radical (unpaired) electrons. The van der Waals surface area contributed by atoms with Crippen molar-refractivity contribution in [3.8, 4) is 5.69 Å². The van der Waals surface area contributed by atoms with E-state index in [0.29, 0.717) is 5.69 Å². The molecule has 3 rings (SSSR count). The predicted molar refractivity (Wildman–Crippen MR) is 90.3 cm³/mol. The minimum atomic E-state index is -0.589. The van der Waals surface area contributed by atoms with Gasteiger partial charge in [-0.05, 0) is 38.1 Å². The third-order valence-corrected chi connectivity index (χ3v) is 3.60. The number of rotatable bonds is 4. The summed E-state index contributed by atoms with van der Waals surface area (Å²) in [6.45, 7) is 3.86. The Kier molecular flexibility index (Phi) is 3.91. The van der Waals surface area contributed by atoms with Gasteiger partial charge in [0.1, 0.15) is 5.69 Å². The van der Waals surface area contributed by atoms with E-state index in [4.69, 9.17) is 5.73 Å². The van der Waals surface area contributed by atoms with Crippen molar-refractivity contribution in [2.24, 2.45) is 5.73 Å². The fourth-order valence-corrected chi connectivity index (χ4v) is 2.49. The third-order valence-electron chi connectivity index (χ3n) is 3.60. The Hall–Kier alpha value is -3.35. The molecule has 24 heavy (non-hydrogen) atoms. The highest BCUT2D eigenvalue weighted by Gasteiger charge is 2.14. The molecule has 0 aliphatic rings. The van der Waals surface area contributed by atoms with E-state index in [2.05, 4.69) is 15.4 Å². The van der Waals surface area contributed by atoms with Gasteiger partial charge in [0, 0.05) is 11.9 Å². The number of nitrogens with two attached hydrogens (primary N) is 1. The number of aryl methyl sites for hydroxylation is 2. The van der Waals surface area contributed by atoms with Crippen molar-refractivity contribution in [2.75, 3.05) is 5.32 Å². The number of carbonyl (C=O) groups is 2. The molecule has 122 valence electrons. The molecule has 0 saturated carbocycles. The molecule has 3 aromatic rings. The van der Waals surface area contributed by atoms with Crippen LogP contribution in [0, 0.1) is 13.8 Å². The summed E-state index contributed by atoms with van der Waals surface area (Å²) in [7, 11) is 0. The molecule has 0 spiro atoms. The molecule has 7 nitrogen and oxygen atoms in total. The summed E-state index contributed by atoms with van der Waals surface area (Å²) in [5, 5.41) is 7.28. The number of hydrogen-bond acceptors (Lipinski definition) is 3. The van der Waals surface area contributed by atoms with Crippen molar-refractivity contribution in [2.45, 2.75) is 13.8 Å². The average Bonchev–Trinajstić information content (AvgIpc) is 3.15. The van der Waals surface area contributed by atoms with Gasteiger partial charge in [-0.3, -0.25) is 9.59 Å². The van der Waals surface area contributed by atoms with Gasteiger partial charge in [-0.1, -0.05) is 12.1 Å². The second-order valence-corrected chi connectivity index (χ2v) is 5.48. The first kappa shape index (κ1) is 15.5. The molecule has 2 amide bonds. The van der Waals surface area contributed by atoms with Crippen LogP contribution in [0.3, 0.4) is 0 Å². The van der Waals surface area contributed by atoms with Gasteiger partial charge in [-0.2, -0.15) is 5.10 Å². The molecule has 0 fully saturated rings. The van der Waals surface area contributed by atoms with Crippen molar-refractivity contribution >= 4 is 17.5 Å². The highest BCUT2D eigenvalue weighted by molar-refractivity contribution is 6.05.